The molecule has 3 N–H and O–H groups in total. The van der Waals surface area contributed by atoms with Crippen LogP contribution in [0.1, 0.15) is 26.7 Å². The molecule has 0 saturated carbocycles. The zero-order valence-corrected chi connectivity index (χ0v) is 15.0. The molecule has 0 aliphatic carbocycles. The number of rotatable bonds is 3. The summed E-state index contributed by atoms with van der Waals surface area (Å²) < 4.78 is 2.81. The summed E-state index contributed by atoms with van der Waals surface area (Å²) in [6, 6.07) is 4.74. The molecule has 2 amide bonds. The predicted molar refractivity (Wildman–Crippen MR) is 96.4 cm³/mol. The molecule has 2 heterocycles. The Morgan fingerprint density at radius 1 is 1.15 bits per heavy atom. The van der Waals surface area contributed by atoms with E-state index in [1.807, 2.05) is 0 Å². The molecular weight excluding hydrogens is 360 g/mol. The summed E-state index contributed by atoms with van der Waals surface area (Å²) in [5, 5.41) is 11.1. The van der Waals surface area contributed by atoms with Gasteiger partial charge in [-0.05, 0) is 25.1 Å². The van der Waals surface area contributed by atoms with Crippen molar-refractivity contribution in [1.29, 1.82) is 0 Å². The minimum atomic E-state index is -0.796. The zero-order chi connectivity index (χ0) is 19.2. The lowest BCUT2D eigenvalue weighted by Crippen LogP contribution is -2.27. The molecule has 0 aliphatic rings. The van der Waals surface area contributed by atoms with Crippen LogP contribution in [-0.4, -0.2) is 31.4 Å². The van der Waals surface area contributed by atoms with E-state index in [1.165, 1.54) is 15.4 Å². The van der Waals surface area contributed by atoms with Crippen molar-refractivity contribution >= 4 is 40.0 Å². The Labute approximate surface area is 152 Å². The van der Waals surface area contributed by atoms with Gasteiger partial charge in [-0.3, -0.25) is 23.7 Å². The van der Waals surface area contributed by atoms with Crippen LogP contribution < -0.4 is 16.5 Å². The van der Waals surface area contributed by atoms with Crippen LogP contribution in [0, 0.1) is 6.92 Å². The van der Waals surface area contributed by atoms with Gasteiger partial charge < -0.3 is 11.1 Å². The van der Waals surface area contributed by atoms with Crippen molar-refractivity contribution in [1.82, 2.24) is 19.6 Å². The van der Waals surface area contributed by atoms with Gasteiger partial charge in [0.15, 0.2) is 11.4 Å². The van der Waals surface area contributed by atoms with Crippen LogP contribution in [0.5, 0.6) is 0 Å². The number of carbonyl (C=O) groups excluding carboxylic acids is 2. The number of nitrogens with two attached hydrogens (primary N) is 1. The molecule has 3 rings (SSSR count). The molecule has 0 atom stereocenters. The number of carbonyl (C=O) groups is 2. The molecule has 0 spiro atoms. The SMILES string of the molecule is Cc1c(NC(=O)c2nn(C)c3ccc(Cl)cc3c2=O)c(C(N)=O)nn1C. The third-order valence-corrected chi connectivity index (χ3v) is 4.27. The molecule has 0 unspecified atom stereocenters. The van der Waals surface area contributed by atoms with Crippen molar-refractivity contribution in [2.24, 2.45) is 19.8 Å². The lowest BCUT2D eigenvalue weighted by atomic mass is 10.2. The summed E-state index contributed by atoms with van der Waals surface area (Å²) in [6.07, 6.45) is 0. The fourth-order valence-corrected chi connectivity index (χ4v) is 2.77. The van der Waals surface area contributed by atoms with Crippen LogP contribution in [0.4, 0.5) is 5.69 Å². The van der Waals surface area contributed by atoms with Crippen molar-refractivity contribution in [3.8, 4) is 0 Å². The molecule has 3 aromatic rings. The van der Waals surface area contributed by atoms with Gasteiger partial charge in [0.2, 0.25) is 5.43 Å². The Hall–Kier alpha value is -3.20. The van der Waals surface area contributed by atoms with Crippen molar-refractivity contribution in [2.75, 3.05) is 5.32 Å². The summed E-state index contributed by atoms with van der Waals surface area (Å²) in [4.78, 5) is 36.8. The van der Waals surface area contributed by atoms with Crippen LogP contribution >= 0.6 is 11.6 Å². The van der Waals surface area contributed by atoms with Gasteiger partial charge in [-0.15, -0.1) is 0 Å². The number of primary amides is 1. The normalized spacial score (nSPS) is 10.9. The number of nitrogens with zero attached hydrogens (tertiary/aromatic N) is 4. The monoisotopic (exact) mass is 374 g/mol. The minimum Gasteiger partial charge on any atom is -0.364 e. The van der Waals surface area contributed by atoms with Gasteiger partial charge >= 0.3 is 0 Å². The molecule has 0 fully saturated rings. The van der Waals surface area contributed by atoms with E-state index >= 15 is 0 Å². The van der Waals surface area contributed by atoms with Gasteiger partial charge in [-0.25, -0.2) is 0 Å². The Bertz CT molecular complexity index is 1130. The molecule has 0 saturated heterocycles. The van der Waals surface area contributed by atoms with Crippen molar-refractivity contribution in [3.05, 3.63) is 50.5 Å². The van der Waals surface area contributed by atoms with E-state index < -0.39 is 17.2 Å². The smallest absolute Gasteiger partial charge is 0.280 e. The number of aryl methyl sites for hydroxylation is 2. The van der Waals surface area contributed by atoms with Crippen LogP contribution in [0.25, 0.3) is 10.9 Å². The highest BCUT2D eigenvalue weighted by atomic mass is 35.5. The van der Waals surface area contributed by atoms with Crippen LogP contribution in [0.15, 0.2) is 23.0 Å². The van der Waals surface area contributed by atoms with E-state index in [1.54, 1.807) is 33.2 Å². The number of anilines is 1. The maximum Gasteiger partial charge on any atom is 0.280 e. The number of aromatic nitrogens is 4. The Balaban J connectivity index is 2.11. The zero-order valence-electron chi connectivity index (χ0n) is 14.2. The number of hydrogen-bond donors (Lipinski definition) is 2. The lowest BCUT2D eigenvalue weighted by molar-refractivity contribution is 0.0995. The molecule has 2 aromatic heterocycles. The van der Waals surface area contributed by atoms with Crippen molar-refractivity contribution < 1.29 is 9.59 Å². The van der Waals surface area contributed by atoms with E-state index in [-0.39, 0.29) is 22.5 Å². The number of hydrogen-bond acceptors (Lipinski definition) is 5. The molecule has 1 aromatic carbocycles. The maximum atomic E-state index is 12.7. The summed E-state index contributed by atoms with van der Waals surface area (Å²) >= 11 is 5.95. The predicted octanol–water partition coefficient (Wildman–Crippen LogP) is 0.980. The number of nitrogens with one attached hydrogen (secondary N) is 1. The topological polar surface area (TPSA) is 125 Å². The van der Waals surface area contributed by atoms with E-state index in [2.05, 4.69) is 15.5 Å². The maximum absolute atomic E-state index is 12.7. The summed E-state index contributed by atoms with van der Waals surface area (Å²) in [7, 11) is 3.21. The Morgan fingerprint density at radius 3 is 2.46 bits per heavy atom. The van der Waals surface area contributed by atoms with Crippen LogP contribution in [0.3, 0.4) is 0 Å². The molecule has 10 heteroatoms. The summed E-state index contributed by atoms with van der Waals surface area (Å²) in [5.41, 5.74) is 5.47. The summed E-state index contributed by atoms with van der Waals surface area (Å²) in [5.74, 6) is -1.57. The molecular formula is C16H15ClN6O3. The van der Waals surface area contributed by atoms with E-state index in [4.69, 9.17) is 17.3 Å². The van der Waals surface area contributed by atoms with E-state index in [0.717, 1.165) is 0 Å². The quantitative estimate of drug-likeness (QED) is 0.706. The average molecular weight is 375 g/mol. The largest absolute Gasteiger partial charge is 0.364 e. The Morgan fingerprint density at radius 2 is 1.81 bits per heavy atom. The number of fused-ring (bicyclic) bond motifs is 1. The number of amides is 2. The number of benzene rings is 1. The molecule has 9 nitrogen and oxygen atoms in total. The lowest BCUT2D eigenvalue weighted by Gasteiger charge is -2.09. The second kappa shape index (κ2) is 6.26. The fraction of sp³-hybridized carbons (Fsp3) is 0.188. The first-order chi connectivity index (χ1) is 12.2. The molecule has 0 aliphatic heterocycles. The van der Waals surface area contributed by atoms with Crippen molar-refractivity contribution in [2.45, 2.75) is 6.92 Å². The molecule has 0 bridgehead atoms. The second-order valence-electron chi connectivity index (χ2n) is 5.71. The highest BCUT2D eigenvalue weighted by Crippen LogP contribution is 2.20. The molecule has 26 heavy (non-hydrogen) atoms. The third kappa shape index (κ3) is 2.82. The first-order valence-corrected chi connectivity index (χ1v) is 7.89. The first kappa shape index (κ1) is 17.6. The third-order valence-electron chi connectivity index (χ3n) is 4.04. The van der Waals surface area contributed by atoms with Gasteiger partial charge in [-0.1, -0.05) is 11.6 Å². The van der Waals surface area contributed by atoms with E-state index in [9.17, 15) is 14.4 Å². The van der Waals surface area contributed by atoms with Gasteiger partial charge in [0, 0.05) is 19.1 Å². The van der Waals surface area contributed by atoms with E-state index in [0.29, 0.717) is 16.2 Å². The Kier molecular flexibility index (Phi) is 4.25. The van der Waals surface area contributed by atoms with Gasteiger partial charge in [0.05, 0.1) is 22.3 Å². The first-order valence-electron chi connectivity index (χ1n) is 7.52. The fourth-order valence-electron chi connectivity index (χ4n) is 2.60. The molecule has 134 valence electrons. The minimum absolute atomic E-state index is 0.0981. The van der Waals surface area contributed by atoms with Crippen molar-refractivity contribution in [3.63, 3.8) is 0 Å². The van der Waals surface area contributed by atoms with Gasteiger partial charge in [0.1, 0.15) is 0 Å². The number of halogens is 1. The highest BCUT2D eigenvalue weighted by molar-refractivity contribution is 6.31. The standard InChI is InChI=1S/C16H15ClN6O3/c1-7-11(12(15(18)25)20-22(7)2)19-16(26)13-14(24)9-6-8(17)4-5-10(9)23(3)21-13/h4-6H,1-3H3,(H2,18,25)(H,19,26). The highest BCUT2D eigenvalue weighted by Gasteiger charge is 2.23. The van der Waals surface area contributed by atoms with Gasteiger partial charge in [0.25, 0.3) is 11.8 Å². The summed E-state index contributed by atoms with van der Waals surface area (Å²) in [6.45, 7) is 1.65. The van der Waals surface area contributed by atoms with Crippen LogP contribution in [-0.2, 0) is 14.1 Å². The second-order valence-corrected chi connectivity index (χ2v) is 6.15. The van der Waals surface area contributed by atoms with Gasteiger partial charge in [-0.2, -0.15) is 10.2 Å². The van der Waals surface area contributed by atoms with Crippen LogP contribution in [0.2, 0.25) is 5.02 Å². The average Bonchev–Trinajstić information content (AvgIpc) is 2.86. The molecule has 0 radical (unpaired) electrons.